The Bertz CT molecular complexity index is 1030. The van der Waals surface area contributed by atoms with E-state index in [1.54, 1.807) is 6.92 Å². The predicted octanol–water partition coefficient (Wildman–Crippen LogP) is 4.00. The Morgan fingerprint density at radius 2 is 2.22 bits per heavy atom. The van der Waals surface area contributed by atoms with Crippen LogP contribution in [0, 0.1) is 6.92 Å². The first-order valence-electron chi connectivity index (χ1n) is 9.10. The van der Waals surface area contributed by atoms with Gasteiger partial charge in [-0.25, -0.2) is 4.98 Å². The number of hydrogen-bond acceptors (Lipinski definition) is 4. The van der Waals surface area contributed by atoms with Crippen molar-refractivity contribution in [3.05, 3.63) is 51.7 Å². The summed E-state index contributed by atoms with van der Waals surface area (Å²) < 4.78 is 5.64. The summed E-state index contributed by atoms with van der Waals surface area (Å²) in [6.45, 7) is 2.23. The number of aryl methyl sites for hydroxylation is 3. The van der Waals surface area contributed by atoms with Crippen molar-refractivity contribution in [2.75, 3.05) is 6.54 Å². The van der Waals surface area contributed by atoms with Crippen LogP contribution in [-0.4, -0.2) is 28.2 Å². The second-order valence-corrected chi connectivity index (χ2v) is 7.25. The number of rotatable bonds is 5. The van der Waals surface area contributed by atoms with E-state index in [1.165, 1.54) is 0 Å². The number of amides is 1. The molecule has 2 aromatic heterocycles. The van der Waals surface area contributed by atoms with E-state index in [4.69, 9.17) is 16.0 Å². The van der Waals surface area contributed by atoms with Crippen LogP contribution in [0.3, 0.4) is 0 Å². The number of H-pyrrole nitrogens is 1. The van der Waals surface area contributed by atoms with Gasteiger partial charge in [-0.2, -0.15) is 0 Å². The first-order chi connectivity index (χ1) is 13.0. The average molecular weight is 386 g/mol. The predicted molar refractivity (Wildman–Crippen MR) is 102 cm³/mol. The summed E-state index contributed by atoms with van der Waals surface area (Å²) in [7, 11) is 0. The number of carbonyl (C=O) groups is 2. The van der Waals surface area contributed by atoms with Gasteiger partial charge in [0.25, 0.3) is 5.91 Å². The Kier molecular flexibility index (Phi) is 4.74. The minimum Gasteiger partial charge on any atom is -0.465 e. The maximum absolute atomic E-state index is 12.6. The molecule has 140 valence electrons. The highest BCUT2D eigenvalue weighted by molar-refractivity contribution is 6.31. The lowest BCUT2D eigenvalue weighted by molar-refractivity contribution is 0.0927. The standard InChI is InChI=1S/C20H20ClN3O3/c1-11-18(19-15(25)4-2-5-16(19)27-11)20(26)22-9-3-6-17-23-13-8-7-12(21)10-14(13)24-17/h7-8,10H,2-6,9H2,1H3,(H,22,26)(H,23,24). The van der Waals surface area contributed by atoms with Crippen LogP contribution in [0.25, 0.3) is 11.0 Å². The molecule has 0 unspecified atom stereocenters. The number of fused-ring (bicyclic) bond motifs is 2. The van der Waals surface area contributed by atoms with E-state index in [0.717, 1.165) is 29.7 Å². The summed E-state index contributed by atoms with van der Waals surface area (Å²) in [5.74, 6) is 1.77. The molecule has 0 spiro atoms. The number of nitrogens with one attached hydrogen (secondary N) is 2. The third kappa shape index (κ3) is 3.49. The highest BCUT2D eigenvalue weighted by Crippen LogP contribution is 2.29. The number of Topliss-reactive ketones (excluding diaryl/α,β-unsaturated/α-hetero) is 1. The quantitative estimate of drug-likeness (QED) is 0.650. The molecule has 1 amide bonds. The Balaban J connectivity index is 1.37. The third-order valence-corrected chi connectivity index (χ3v) is 5.07. The van der Waals surface area contributed by atoms with Crippen molar-refractivity contribution in [1.82, 2.24) is 15.3 Å². The zero-order valence-corrected chi connectivity index (χ0v) is 15.8. The minimum absolute atomic E-state index is 0.000753. The molecular weight excluding hydrogens is 366 g/mol. The summed E-state index contributed by atoms with van der Waals surface area (Å²) in [5.41, 5.74) is 2.65. The molecule has 0 saturated heterocycles. The first-order valence-corrected chi connectivity index (χ1v) is 9.48. The van der Waals surface area contributed by atoms with Crippen molar-refractivity contribution in [2.45, 2.75) is 39.0 Å². The molecule has 4 rings (SSSR count). The van der Waals surface area contributed by atoms with Crippen LogP contribution in [0.4, 0.5) is 0 Å². The molecule has 7 heteroatoms. The second kappa shape index (κ2) is 7.19. The summed E-state index contributed by atoms with van der Waals surface area (Å²) >= 11 is 5.98. The molecule has 2 N–H and O–H groups in total. The lowest BCUT2D eigenvalue weighted by Crippen LogP contribution is -2.27. The van der Waals surface area contributed by atoms with E-state index >= 15 is 0 Å². The highest BCUT2D eigenvalue weighted by atomic mass is 35.5. The number of imidazole rings is 1. The van der Waals surface area contributed by atoms with E-state index in [0.29, 0.717) is 53.5 Å². The van der Waals surface area contributed by atoms with Crippen molar-refractivity contribution < 1.29 is 14.0 Å². The molecule has 0 bridgehead atoms. The van der Waals surface area contributed by atoms with Crippen molar-refractivity contribution in [3.8, 4) is 0 Å². The highest BCUT2D eigenvalue weighted by Gasteiger charge is 2.30. The summed E-state index contributed by atoms with van der Waals surface area (Å²) in [5, 5.41) is 3.56. The molecule has 1 aromatic carbocycles. The maximum atomic E-state index is 12.6. The van der Waals surface area contributed by atoms with Crippen molar-refractivity contribution in [3.63, 3.8) is 0 Å². The zero-order valence-electron chi connectivity index (χ0n) is 15.0. The Hall–Kier alpha value is -2.60. The van der Waals surface area contributed by atoms with Gasteiger partial charge >= 0.3 is 0 Å². The molecule has 1 aliphatic rings. The van der Waals surface area contributed by atoms with E-state index < -0.39 is 0 Å². The first kappa shape index (κ1) is 17.8. The molecule has 0 saturated carbocycles. The van der Waals surface area contributed by atoms with E-state index in [9.17, 15) is 9.59 Å². The normalized spacial score (nSPS) is 13.8. The van der Waals surface area contributed by atoms with Gasteiger partial charge in [-0.3, -0.25) is 9.59 Å². The summed E-state index contributed by atoms with van der Waals surface area (Å²) in [4.78, 5) is 32.5. The van der Waals surface area contributed by atoms with E-state index in [-0.39, 0.29) is 11.7 Å². The molecule has 0 atom stereocenters. The Labute approximate surface area is 161 Å². The maximum Gasteiger partial charge on any atom is 0.255 e. The molecule has 3 aromatic rings. The Morgan fingerprint density at radius 1 is 1.37 bits per heavy atom. The summed E-state index contributed by atoms with van der Waals surface area (Å²) in [6.07, 6.45) is 3.40. The van der Waals surface area contributed by atoms with E-state index in [2.05, 4.69) is 15.3 Å². The van der Waals surface area contributed by atoms with Gasteiger partial charge in [0.15, 0.2) is 5.78 Å². The van der Waals surface area contributed by atoms with Crippen LogP contribution in [0.2, 0.25) is 5.02 Å². The number of hydrogen-bond donors (Lipinski definition) is 2. The number of aromatic amines is 1. The summed E-state index contributed by atoms with van der Waals surface area (Å²) in [6, 6.07) is 5.53. The third-order valence-electron chi connectivity index (χ3n) is 4.84. The number of carbonyl (C=O) groups excluding carboxylic acids is 2. The molecule has 0 aliphatic heterocycles. The van der Waals surface area contributed by atoms with Crippen molar-refractivity contribution in [1.29, 1.82) is 0 Å². The smallest absolute Gasteiger partial charge is 0.255 e. The van der Waals surface area contributed by atoms with Gasteiger partial charge in [0.1, 0.15) is 17.3 Å². The molecule has 6 nitrogen and oxygen atoms in total. The van der Waals surface area contributed by atoms with Crippen LogP contribution in [0.15, 0.2) is 22.6 Å². The average Bonchev–Trinajstić information content (AvgIpc) is 3.18. The van der Waals surface area contributed by atoms with Gasteiger partial charge in [-0.1, -0.05) is 11.6 Å². The zero-order chi connectivity index (χ0) is 19.0. The van der Waals surface area contributed by atoms with Crippen LogP contribution in [0.1, 0.15) is 57.3 Å². The van der Waals surface area contributed by atoms with Crippen molar-refractivity contribution in [2.24, 2.45) is 0 Å². The SMILES string of the molecule is Cc1oc2c(c1C(=O)NCCCc1nc3ccc(Cl)cc3[nH]1)C(=O)CCC2. The Morgan fingerprint density at radius 3 is 3.07 bits per heavy atom. The van der Waals surface area contributed by atoms with Gasteiger partial charge in [0.2, 0.25) is 0 Å². The fourth-order valence-electron chi connectivity index (χ4n) is 3.58. The lowest BCUT2D eigenvalue weighted by atomic mass is 9.93. The topological polar surface area (TPSA) is 88.0 Å². The minimum atomic E-state index is -0.246. The molecule has 0 radical (unpaired) electrons. The van der Waals surface area contributed by atoms with Crippen LogP contribution in [-0.2, 0) is 12.8 Å². The van der Waals surface area contributed by atoms with Gasteiger partial charge < -0.3 is 14.7 Å². The number of furan rings is 1. The molecular formula is C20H20ClN3O3. The molecule has 2 heterocycles. The lowest BCUT2D eigenvalue weighted by Gasteiger charge is -2.10. The fraction of sp³-hybridized carbons (Fsp3) is 0.350. The van der Waals surface area contributed by atoms with Gasteiger partial charge in [-0.05, 0) is 38.0 Å². The van der Waals surface area contributed by atoms with Gasteiger partial charge in [0.05, 0.1) is 22.2 Å². The van der Waals surface area contributed by atoms with Crippen LogP contribution < -0.4 is 5.32 Å². The van der Waals surface area contributed by atoms with Gasteiger partial charge in [0, 0.05) is 30.8 Å². The largest absolute Gasteiger partial charge is 0.465 e. The molecule has 27 heavy (non-hydrogen) atoms. The number of ketones is 1. The number of aromatic nitrogens is 2. The number of nitrogens with zero attached hydrogens (tertiary/aromatic N) is 1. The van der Waals surface area contributed by atoms with Crippen molar-refractivity contribution >= 4 is 34.3 Å². The number of benzene rings is 1. The van der Waals surface area contributed by atoms with Crippen LogP contribution in [0.5, 0.6) is 0 Å². The van der Waals surface area contributed by atoms with E-state index in [1.807, 2.05) is 18.2 Å². The molecule has 0 fully saturated rings. The monoisotopic (exact) mass is 385 g/mol. The molecule has 1 aliphatic carbocycles. The van der Waals surface area contributed by atoms with Gasteiger partial charge in [-0.15, -0.1) is 0 Å². The van der Waals surface area contributed by atoms with Crippen LogP contribution >= 0.6 is 11.6 Å². The number of halogens is 1. The fourth-order valence-corrected chi connectivity index (χ4v) is 3.75. The second-order valence-electron chi connectivity index (χ2n) is 6.81.